The molecule has 1 N–H and O–H groups in total. The van der Waals surface area contributed by atoms with Crippen LogP contribution in [0, 0.1) is 17.1 Å². The molecule has 7 nitrogen and oxygen atoms in total. The minimum Gasteiger partial charge on any atom is -0.493 e. The zero-order chi connectivity index (χ0) is 19.9. The number of nitrogens with one attached hydrogen (secondary N) is 1. The van der Waals surface area contributed by atoms with Crippen LogP contribution >= 0.6 is 0 Å². The van der Waals surface area contributed by atoms with Gasteiger partial charge >= 0.3 is 5.97 Å². The van der Waals surface area contributed by atoms with E-state index in [9.17, 15) is 17.6 Å². The van der Waals surface area contributed by atoms with E-state index in [1.54, 1.807) is 12.1 Å². The first-order chi connectivity index (χ1) is 12.9. The number of anilines is 1. The van der Waals surface area contributed by atoms with Crippen molar-refractivity contribution in [2.24, 2.45) is 0 Å². The highest BCUT2D eigenvalue weighted by Crippen LogP contribution is 2.23. The second kappa shape index (κ2) is 9.00. The smallest absolute Gasteiger partial charge is 0.337 e. The summed E-state index contributed by atoms with van der Waals surface area (Å²) in [6.45, 7) is 0.305. The molecule has 0 spiro atoms. The van der Waals surface area contributed by atoms with Crippen LogP contribution in [0.5, 0.6) is 5.75 Å². The number of sulfonamides is 1. The standard InChI is InChI=1S/C18H17FN2O5S/c1-25-18(22)13-7-8-16(19)17(11-13)27(23,24)21-14-5-4-6-15(12-14)26-10-3-2-9-20/h4-8,11-12,21H,2-3,10H2,1H3. The van der Waals surface area contributed by atoms with Crippen LogP contribution in [0.1, 0.15) is 23.2 Å². The van der Waals surface area contributed by atoms with Crippen molar-refractivity contribution in [3.8, 4) is 11.8 Å². The van der Waals surface area contributed by atoms with Crippen LogP contribution in [0.25, 0.3) is 0 Å². The van der Waals surface area contributed by atoms with Crippen molar-refractivity contribution in [2.75, 3.05) is 18.4 Å². The Morgan fingerprint density at radius 2 is 2.04 bits per heavy atom. The molecule has 0 bridgehead atoms. The number of carbonyl (C=O) groups is 1. The molecule has 0 atom stereocenters. The van der Waals surface area contributed by atoms with Crippen LogP contribution in [-0.2, 0) is 14.8 Å². The zero-order valence-corrected chi connectivity index (χ0v) is 15.3. The number of benzene rings is 2. The number of ether oxygens (including phenoxy) is 2. The molecular weight excluding hydrogens is 375 g/mol. The number of unbranched alkanes of at least 4 members (excludes halogenated alkanes) is 1. The van der Waals surface area contributed by atoms with Gasteiger partial charge in [0.05, 0.1) is 31.0 Å². The molecule has 0 saturated carbocycles. The van der Waals surface area contributed by atoms with Crippen LogP contribution in [-0.4, -0.2) is 28.1 Å². The van der Waals surface area contributed by atoms with E-state index in [0.29, 0.717) is 25.2 Å². The third-order valence-electron chi connectivity index (χ3n) is 3.43. The summed E-state index contributed by atoms with van der Waals surface area (Å²) >= 11 is 0. The lowest BCUT2D eigenvalue weighted by atomic mass is 10.2. The predicted molar refractivity (Wildman–Crippen MR) is 95.3 cm³/mol. The fraction of sp³-hybridized carbons (Fsp3) is 0.222. The van der Waals surface area contributed by atoms with Crippen LogP contribution in [0.15, 0.2) is 47.4 Å². The quantitative estimate of drug-likeness (QED) is 0.547. The van der Waals surface area contributed by atoms with Crippen molar-refractivity contribution in [1.29, 1.82) is 5.26 Å². The van der Waals surface area contributed by atoms with Crippen molar-refractivity contribution < 1.29 is 27.1 Å². The molecule has 27 heavy (non-hydrogen) atoms. The van der Waals surface area contributed by atoms with Gasteiger partial charge in [0.1, 0.15) is 16.5 Å². The Kier molecular flexibility index (Phi) is 6.73. The molecule has 0 aliphatic rings. The molecular formula is C18H17FN2O5S. The number of halogens is 1. The lowest BCUT2D eigenvalue weighted by Crippen LogP contribution is -2.16. The minimum atomic E-state index is -4.29. The van der Waals surface area contributed by atoms with Gasteiger partial charge in [-0.05, 0) is 36.8 Å². The van der Waals surface area contributed by atoms with Crippen LogP contribution in [0.2, 0.25) is 0 Å². The summed E-state index contributed by atoms with van der Waals surface area (Å²) < 4.78 is 51.3. The first kappa shape index (κ1) is 20.2. The van der Waals surface area contributed by atoms with Gasteiger partial charge in [0.25, 0.3) is 10.0 Å². The number of hydrogen-bond acceptors (Lipinski definition) is 6. The molecule has 142 valence electrons. The van der Waals surface area contributed by atoms with E-state index >= 15 is 0 Å². The number of nitrogens with zero attached hydrogens (tertiary/aromatic N) is 1. The second-order valence-electron chi connectivity index (χ2n) is 5.38. The van der Waals surface area contributed by atoms with E-state index in [0.717, 1.165) is 25.3 Å². The minimum absolute atomic E-state index is 0.0890. The molecule has 0 unspecified atom stereocenters. The summed E-state index contributed by atoms with van der Waals surface area (Å²) in [5.41, 5.74) is 0.0736. The van der Waals surface area contributed by atoms with Crippen molar-refractivity contribution >= 4 is 21.7 Å². The van der Waals surface area contributed by atoms with Gasteiger partial charge in [0, 0.05) is 12.5 Å². The van der Waals surface area contributed by atoms with Gasteiger partial charge in [0.15, 0.2) is 0 Å². The summed E-state index contributed by atoms with van der Waals surface area (Å²) in [6.07, 6.45) is 0.889. The van der Waals surface area contributed by atoms with Gasteiger partial charge in [-0.25, -0.2) is 17.6 Å². The Hall–Kier alpha value is -3.12. The Labute approximate surface area is 156 Å². The number of methoxy groups -OCH3 is 1. The van der Waals surface area contributed by atoms with Crippen molar-refractivity contribution in [3.63, 3.8) is 0 Å². The Morgan fingerprint density at radius 3 is 2.74 bits per heavy atom. The van der Waals surface area contributed by atoms with Crippen molar-refractivity contribution in [2.45, 2.75) is 17.7 Å². The number of rotatable bonds is 8. The molecule has 0 radical (unpaired) electrons. The Morgan fingerprint density at radius 1 is 1.26 bits per heavy atom. The van der Waals surface area contributed by atoms with Crippen LogP contribution < -0.4 is 9.46 Å². The predicted octanol–water partition coefficient (Wildman–Crippen LogP) is 3.10. The lowest BCUT2D eigenvalue weighted by Gasteiger charge is -2.11. The summed E-state index contributed by atoms with van der Waals surface area (Å²) in [4.78, 5) is 10.9. The highest BCUT2D eigenvalue weighted by atomic mass is 32.2. The van der Waals surface area contributed by atoms with Gasteiger partial charge < -0.3 is 9.47 Å². The van der Waals surface area contributed by atoms with E-state index in [1.165, 1.54) is 12.1 Å². The highest BCUT2D eigenvalue weighted by molar-refractivity contribution is 7.92. The van der Waals surface area contributed by atoms with Gasteiger partial charge in [-0.1, -0.05) is 6.07 Å². The summed E-state index contributed by atoms with van der Waals surface area (Å²) in [5.74, 6) is -1.38. The normalized spacial score (nSPS) is 10.7. The molecule has 0 saturated heterocycles. The SMILES string of the molecule is COC(=O)c1ccc(F)c(S(=O)(=O)Nc2cccc(OCCCC#N)c2)c1. The van der Waals surface area contributed by atoms with Crippen LogP contribution in [0.4, 0.5) is 10.1 Å². The van der Waals surface area contributed by atoms with E-state index < -0.39 is 26.7 Å². The molecule has 2 rings (SSSR count). The van der Waals surface area contributed by atoms with Gasteiger partial charge in [-0.3, -0.25) is 4.72 Å². The fourth-order valence-electron chi connectivity index (χ4n) is 2.15. The van der Waals surface area contributed by atoms with Crippen LogP contribution in [0.3, 0.4) is 0 Å². The lowest BCUT2D eigenvalue weighted by molar-refractivity contribution is 0.0600. The fourth-order valence-corrected chi connectivity index (χ4v) is 3.31. The highest BCUT2D eigenvalue weighted by Gasteiger charge is 2.22. The largest absolute Gasteiger partial charge is 0.493 e. The molecule has 9 heteroatoms. The van der Waals surface area contributed by atoms with E-state index in [1.807, 2.05) is 6.07 Å². The second-order valence-corrected chi connectivity index (χ2v) is 7.03. The maximum absolute atomic E-state index is 14.0. The van der Waals surface area contributed by atoms with Crippen molar-refractivity contribution in [3.05, 3.63) is 53.8 Å². The number of hydrogen-bond donors (Lipinski definition) is 1. The summed E-state index contributed by atoms with van der Waals surface area (Å²) in [7, 11) is -3.15. The third-order valence-corrected chi connectivity index (χ3v) is 4.83. The molecule has 0 aliphatic heterocycles. The van der Waals surface area contributed by atoms with Gasteiger partial charge in [-0.2, -0.15) is 5.26 Å². The number of esters is 1. The zero-order valence-electron chi connectivity index (χ0n) is 14.4. The number of nitriles is 1. The Balaban J connectivity index is 2.21. The maximum Gasteiger partial charge on any atom is 0.337 e. The number of carbonyl (C=O) groups excluding carboxylic acids is 1. The topological polar surface area (TPSA) is 105 Å². The van der Waals surface area contributed by atoms with E-state index in [4.69, 9.17) is 10.00 Å². The first-order valence-electron chi connectivity index (χ1n) is 7.88. The molecule has 0 aliphatic carbocycles. The molecule has 2 aromatic rings. The average Bonchev–Trinajstić information content (AvgIpc) is 2.65. The van der Waals surface area contributed by atoms with Gasteiger partial charge in [0.2, 0.25) is 0 Å². The maximum atomic E-state index is 14.0. The monoisotopic (exact) mass is 392 g/mol. The first-order valence-corrected chi connectivity index (χ1v) is 9.36. The molecule has 0 heterocycles. The Bertz CT molecular complexity index is 970. The summed E-state index contributed by atoms with van der Waals surface area (Å²) in [5, 5.41) is 8.49. The third kappa shape index (κ3) is 5.43. The van der Waals surface area contributed by atoms with E-state index in [2.05, 4.69) is 9.46 Å². The summed E-state index contributed by atoms with van der Waals surface area (Å²) in [6, 6.07) is 11.0. The average molecular weight is 392 g/mol. The van der Waals surface area contributed by atoms with Crippen molar-refractivity contribution in [1.82, 2.24) is 0 Å². The molecule has 0 aromatic heterocycles. The van der Waals surface area contributed by atoms with E-state index in [-0.39, 0.29) is 11.3 Å². The molecule has 0 fully saturated rings. The molecule has 2 aromatic carbocycles. The molecule has 0 amide bonds. The van der Waals surface area contributed by atoms with Gasteiger partial charge in [-0.15, -0.1) is 0 Å².